The minimum absolute atomic E-state index is 0.0827. The summed E-state index contributed by atoms with van der Waals surface area (Å²) in [6.45, 7) is 7.56. The lowest BCUT2D eigenvalue weighted by Crippen LogP contribution is -2.35. The van der Waals surface area contributed by atoms with E-state index < -0.39 is 5.97 Å². The van der Waals surface area contributed by atoms with Gasteiger partial charge in [0.15, 0.2) is 6.61 Å². The summed E-state index contributed by atoms with van der Waals surface area (Å²) in [5, 5.41) is 2.82. The van der Waals surface area contributed by atoms with Crippen molar-refractivity contribution in [1.82, 2.24) is 9.88 Å². The number of nitrogens with one attached hydrogen (secondary N) is 1. The highest BCUT2D eigenvalue weighted by Crippen LogP contribution is 2.21. The molecule has 0 aliphatic rings. The molecule has 134 valence electrons. The summed E-state index contributed by atoms with van der Waals surface area (Å²) in [6.07, 6.45) is 1.89. The number of hydrogen-bond acceptors (Lipinski definition) is 3. The van der Waals surface area contributed by atoms with Gasteiger partial charge in [-0.3, -0.25) is 4.79 Å². The van der Waals surface area contributed by atoms with E-state index in [1.807, 2.05) is 55.7 Å². The van der Waals surface area contributed by atoms with Crippen LogP contribution in [0.3, 0.4) is 0 Å². The highest BCUT2D eigenvalue weighted by atomic mass is 16.5. The lowest BCUT2D eigenvalue weighted by molar-refractivity contribution is -0.124. The van der Waals surface area contributed by atoms with E-state index in [0.717, 1.165) is 29.9 Å². The monoisotopic (exact) mass is 342 g/mol. The second-order valence-corrected chi connectivity index (χ2v) is 6.29. The molecule has 5 heteroatoms. The van der Waals surface area contributed by atoms with Crippen molar-refractivity contribution >= 4 is 11.9 Å². The van der Waals surface area contributed by atoms with Crippen LogP contribution in [0.2, 0.25) is 0 Å². The first kappa shape index (κ1) is 18.8. The van der Waals surface area contributed by atoms with Crippen LogP contribution in [0.5, 0.6) is 0 Å². The molecule has 1 amide bonds. The van der Waals surface area contributed by atoms with E-state index in [9.17, 15) is 9.59 Å². The van der Waals surface area contributed by atoms with Crippen molar-refractivity contribution in [2.45, 2.75) is 46.6 Å². The van der Waals surface area contributed by atoms with Crippen molar-refractivity contribution in [2.24, 2.45) is 0 Å². The molecule has 0 fully saturated rings. The average molecular weight is 342 g/mol. The van der Waals surface area contributed by atoms with Crippen LogP contribution >= 0.6 is 0 Å². The molecule has 1 aromatic heterocycles. The first-order chi connectivity index (χ1) is 11.9. The van der Waals surface area contributed by atoms with Gasteiger partial charge < -0.3 is 14.6 Å². The Labute approximate surface area is 149 Å². The van der Waals surface area contributed by atoms with Crippen molar-refractivity contribution < 1.29 is 14.3 Å². The number of hydrogen-bond donors (Lipinski definition) is 1. The molecule has 0 bridgehead atoms. The zero-order chi connectivity index (χ0) is 18.4. The summed E-state index contributed by atoms with van der Waals surface area (Å²) in [4.78, 5) is 24.2. The van der Waals surface area contributed by atoms with E-state index in [1.165, 1.54) is 0 Å². The first-order valence-electron chi connectivity index (χ1n) is 8.64. The number of ether oxygens (including phenoxy) is 1. The molecule has 0 aliphatic carbocycles. The van der Waals surface area contributed by atoms with E-state index in [2.05, 4.69) is 12.2 Å². The normalized spacial score (nSPS) is 11.8. The highest BCUT2D eigenvalue weighted by molar-refractivity contribution is 5.93. The van der Waals surface area contributed by atoms with Crippen LogP contribution in [0.25, 0.3) is 5.69 Å². The number of rotatable bonds is 7. The standard InChI is InChI=1S/C20H26N2O3/c1-5-9-14(2)21-19(23)13-25-20(24)18-12-15(3)22(16(18)4)17-10-7-6-8-11-17/h6-8,10-12,14H,5,9,13H2,1-4H3,(H,21,23). The zero-order valence-corrected chi connectivity index (χ0v) is 15.3. The fourth-order valence-electron chi connectivity index (χ4n) is 2.97. The Morgan fingerprint density at radius 1 is 1.20 bits per heavy atom. The molecule has 0 saturated carbocycles. The molecule has 0 spiro atoms. The highest BCUT2D eigenvalue weighted by Gasteiger charge is 2.19. The molecule has 5 nitrogen and oxygen atoms in total. The number of aryl methyl sites for hydroxylation is 1. The number of carbonyl (C=O) groups excluding carboxylic acids is 2. The Kier molecular flexibility index (Phi) is 6.39. The molecular weight excluding hydrogens is 316 g/mol. The Hall–Kier alpha value is -2.56. The minimum Gasteiger partial charge on any atom is -0.452 e. The van der Waals surface area contributed by atoms with Gasteiger partial charge in [0.25, 0.3) is 5.91 Å². The van der Waals surface area contributed by atoms with Gasteiger partial charge in [-0.15, -0.1) is 0 Å². The summed E-state index contributed by atoms with van der Waals surface area (Å²) >= 11 is 0. The summed E-state index contributed by atoms with van der Waals surface area (Å²) in [5.41, 5.74) is 3.21. The number of amides is 1. The van der Waals surface area contributed by atoms with Crippen molar-refractivity contribution in [3.05, 3.63) is 53.3 Å². The summed E-state index contributed by atoms with van der Waals surface area (Å²) in [5.74, 6) is -0.750. The van der Waals surface area contributed by atoms with Gasteiger partial charge in [-0.05, 0) is 45.4 Å². The van der Waals surface area contributed by atoms with Crippen LogP contribution in [-0.4, -0.2) is 29.1 Å². The molecule has 0 radical (unpaired) electrons. The van der Waals surface area contributed by atoms with E-state index in [-0.39, 0.29) is 18.6 Å². The van der Waals surface area contributed by atoms with Crippen LogP contribution in [0.1, 0.15) is 48.4 Å². The molecular formula is C20H26N2O3. The lowest BCUT2D eigenvalue weighted by Gasteiger charge is -2.13. The Morgan fingerprint density at radius 3 is 2.52 bits per heavy atom. The summed E-state index contributed by atoms with van der Waals surface area (Å²) in [6, 6.07) is 11.7. The largest absolute Gasteiger partial charge is 0.452 e. The molecule has 0 aliphatic heterocycles. The van der Waals surface area contributed by atoms with Gasteiger partial charge >= 0.3 is 5.97 Å². The fourth-order valence-corrected chi connectivity index (χ4v) is 2.97. The maximum Gasteiger partial charge on any atom is 0.340 e. The topological polar surface area (TPSA) is 60.3 Å². The van der Waals surface area contributed by atoms with Crippen LogP contribution < -0.4 is 5.32 Å². The number of benzene rings is 1. The van der Waals surface area contributed by atoms with Gasteiger partial charge in [-0.2, -0.15) is 0 Å². The SMILES string of the molecule is CCCC(C)NC(=O)COC(=O)c1cc(C)n(-c2ccccc2)c1C. The van der Waals surface area contributed by atoms with Crippen LogP contribution in [0.4, 0.5) is 0 Å². The van der Waals surface area contributed by atoms with Crippen molar-refractivity contribution in [3.63, 3.8) is 0 Å². The molecule has 2 aromatic rings. The predicted molar refractivity (Wildman–Crippen MR) is 98.0 cm³/mol. The van der Waals surface area contributed by atoms with Crippen LogP contribution in [0, 0.1) is 13.8 Å². The number of para-hydroxylation sites is 1. The molecule has 1 N–H and O–H groups in total. The van der Waals surface area contributed by atoms with Gasteiger partial charge in [-0.25, -0.2) is 4.79 Å². The molecule has 0 saturated heterocycles. The average Bonchev–Trinajstić information content (AvgIpc) is 2.88. The third-order valence-electron chi connectivity index (χ3n) is 4.13. The Morgan fingerprint density at radius 2 is 1.88 bits per heavy atom. The van der Waals surface area contributed by atoms with Gasteiger partial charge in [0.2, 0.25) is 0 Å². The van der Waals surface area contributed by atoms with E-state index in [0.29, 0.717) is 5.56 Å². The van der Waals surface area contributed by atoms with E-state index in [1.54, 1.807) is 6.07 Å². The summed E-state index contributed by atoms with van der Waals surface area (Å²) < 4.78 is 7.19. The molecule has 1 atom stereocenters. The van der Waals surface area contributed by atoms with Crippen molar-refractivity contribution in [1.29, 1.82) is 0 Å². The van der Waals surface area contributed by atoms with Gasteiger partial charge in [0, 0.05) is 23.1 Å². The number of aromatic nitrogens is 1. The molecule has 1 heterocycles. The van der Waals surface area contributed by atoms with Gasteiger partial charge in [-0.1, -0.05) is 31.5 Å². The molecule has 1 aromatic carbocycles. The van der Waals surface area contributed by atoms with Crippen molar-refractivity contribution in [2.75, 3.05) is 6.61 Å². The third kappa shape index (κ3) is 4.72. The Bertz CT molecular complexity index is 735. The maximum atomic E-state index is 12.4. The van der Waals surface area contributed by atoms with E-state index in [4.69, 9.17) is 4.74 Å². The van der Waals surface area contributed by atoms with Crippen LogP contribution in [-0.2, 0) is 9.53 Å². The smallest absolute Gasteiger partial charge is 0.340 e. The molecule has 1 unspecified atom stereocenters. The third-order valence-corrected chi connectivity index (χ3v) is 4.13. The van der Waals surface area contributed by atoms with E-state index >= 15 is 0 Å². The fraction of sp³-hybridized carbons (Fsp3) is 0.400. The van der Waals surface area contributed by atoms with Crippen LogP contribution in [0.15, 0.2) is 36.4 Å². The predicted octanol–water partition coefficient (Wildman–Crippen LogP) is 3.56. The van der Waals surface area contributed by atoms with Gasteiger partial charge in [0.1, 0.15) is 0 Å². The first-order valence-corrected chi connectivity index (χ1v) is 8.64. The number of esters is 1. The quantitative estimate of drug-likeness (QED) is 0.783. The molecule has 2 rings (SSSR count). The number of carbonyl (C=O) groups is 2. The molecule has 25 heavy (non-hydrogen) atoms. The number of nitrogens with zero attached hydrogens (tertiary/aromatic N) is 1. The summed E-state index contributed by atoms with van der Waals surface area (Å²) in [7, 11) is 0. The second-order valence-electron chi connectivity index (χ2n) is 6.29. The van der Waals surface area contributed by atoms with Gasteiger partial charge in [0.05, 0.1) is 5.56 Å². The maximum absolute atomic E-state index is 12.4. The lowest BCUT2D eigenvalue weighted by atomic mass is 10.2. The zero-order valence-electron chi connectivity index (χ0n) is 15.3. The second kappa shape index (κ2) is 8.51. The Balaban J connectivity index is 2.05. The minimum atomic E-state index is -0.478. The van der Waals surface area contributed by atoms with Crippen molar-refractivity contribution in [3.8, 4) is 5.69 Å².